The van der Waals surface area contributed by atoms with Crippen LogP contribution in [0, 0.1) is 0 Å². The van der Waals surface area contributed by atoms with Crippen molar-refractivity contribution in [3.63, 3.8) is 0 Å². The van der Waals surface area contributed by atoms with Crippen LogP contribution in [0.3, 0.4) is 0 Å². The van der Waals surface area contributed by atoms with E-state index >= 15 is 0 Å². The molecule has 1 aromatic carbocycles. The second-order valence-corrected chi connectivity index (χ2v) is 7.35. The van der Waals surface area contributed by atoms with E-state index in [-0.39, 0.29) is 0 Å². The molecule has 0 unspecified atom stereocenters. The molecule has 0 aliphatic heterocycles. The van der Waals surface area contributed by atoms with Crippen molar-refractivity contribution < 1.29 is 4.74 Å². The number of para-hydroxylation sites is 1. The number of aromatic nitrogens is 3. The van der Waals surface area contributed by atoms with Gasteiger partial charge in [0.25, 0.3) is 0 Å². The molecule has 0 radical (unpaired) electrons. The lowest BCUT2D eigenvalue weighted by Gasteiger charge is -2.06. The largest absolute Gasteiger partial charge is 0.492 e. The number of allylic oxidation sites excluding steroid dienone is 3. The maximum absolute atomic E-state index is 5.56. The Bertz CT molecular complexity index is 931. The Balaban J connectivity index is 1.57. The fraction of sp³-hybridized carbons (Fsp3) is 0.105. The van der Waals surface area contributed by atoms with E-state index in [1.807, 2.05) is 30.5 Å². The first-order valence-electron chi connectivity index (χ1n) is 7.97. The van der Waals surface area contributed by atoms with Gasteiger partial charge in [-0.2, -0.15) is 0 Å². The van der Waals surface area contributed by atoms with E-state index in [1.165, 1.54) is 11.3 Å². The van der Waals surface area contributed by atoms with Crippen LogP contribution < -0.4 is 5.32 Å². The molecule has 0 saturated carbocycles. The smallest absolute Gasteiger partial charge is 0.206 e. The van der Waals surface area contributed by atoms with Crippen LogP contribution >= 0.6 is 23.1 Å². The molecule has 5 nitrogen and oxygen atoms in total. The monoisotopic (exact) mass is 382 g/mol. The SMILES string of the molecule is C=C/C=C(\C=C)OCCNc1nnc(Sc2ccnc3ccccc23)s1. The van der Waals surface area contributed by atoms with Crippen LogP contribution in [0.15, 0.2) is 82.9 Å². The van der Waals surface area contributed by atoms with Crippen LogP contribution in [0.1, 0.15) is 0 Å². The third-order valence-corrected chi connectivity index (χ3v) is 5.35. The van der Waals surface area contributed by atoms with Gasteiger partial charge in [0.2, 0.25) is 5.13 Å². The van der Waals surface area contributed by atoms with Gasteiger partial charge in [0.05, 0.1) is 12.1 Å². The standard InChI is InChI=1S/C19H18N4OS2/c1-3-7-14(4-2)24-13-12-21-18-22-23-19(26-18)25-17-10-11-20-16-9-6-5-8-15(16)17/h3-11H,1-2,12-13H2,(H,21,22)/b14-7+. The van der Waals surface area contributed by atoms with Crippen molar-refractivity contribution in [2.24, 2.45) is 0 Å². The summed E-state index contributed by atoms with van der Waals surface area (Å²) in [6, 6.07) is 10.1. The van der Waals surface area contributed by atoms with Crippen molar-refractivity contribution in [1.29, 1.82) is 0 Å². The first kappa shape index (κ1) is 18.2. The van der Waals surface area contributed by atoms with Crippen molar-refractivity contribution in [2.75, 3.05) is 18.5 Å². The third kappa shape index (κ3) is 4.71. The zero-order chi connectivity index (χ0) is 18.2. The van der Waals surface area contributed by atoms with Gasteiger partial charge in [-0.15, -0.1) is 10.2 Å². The Morgan fingerprint density at radius 2 is 2.12 bits per heavy atom. The first-order valence-corrected chi connectivity index (χ1v) is 9.60. The van der Waals surface area contributed by atoms with E-state index in [0.29, 0.717) is 18.9 Å². The van der Waals surface area contributed by atoms with Gasteiger partial charge < -0.3 is 10.1 Å². The van der Waals surface area contributed by atoms with E-state index in [0.717, 1.165) is 25.3 Å². The molecule has 3 rings (SSSR count). The number of rotatable bonds is 9. The van der Waals surface area contributed by atoms with Gasteiger partial charge in [-0.25, -0.2) is 0 Å². The highest BCUT2D eigenvalue weighted by atomic mass is 32.2. The van der Waals surface area contributed by atoms with E-state index in [4.69, 9.17) is 4.74 Å². The Morgan fingerprint density at radius 3 is 2.96 bits per heavy atom. The van der Waals surface area contributed by atoms with Crippen LogP contribution in [-0.2, 0) is 4.74 Å². The summed E-state index contributed by atoms with van der Waals surface area (Å²) < 4.78 is 6.44. The quantitative estimate of drug-likeness (QED) is 0.322. The number of pyridine rings is 1. The minimum atomic E-state index is 0.503. The fourth-order valence-electron chi connectivity index (χ4n) is 2.19. The highest BCUT2D eigenvalue weighted by Crippen LogP contribution is 2.35. The molecule has 0 aliphatic rings. The highest BCUT2D eigenvalue weighted by molar-refractivity contribution is 8.01. The molecule has 0 atom stereocenters. The Kier molecular flexibility index (Phi) is 6.40. The molecule has 0 bridgehead atoms. The molecule has 1 N–H and O–H groups in total. The number of ether oxygens (including phenoxy) is 1. The number of nitrogens with zero attached hydrogens (tertiary/aromatic N) is 3. The van der Waals surface area contributed by atoms with E-state index < -0.39 is 0 Å². The Morgan fingerprint density at radius 1 is 1.23 bits per heavy atom. The predicted molar refractivity (Wildman–Crippen MR) is 109 cm³/mol. The molecule has 0 aliphatic carbocycles. The number of hydrogen-bond acceptors (Lipinski definition) is 7. The number of fused-ring (bicyclic) bond motifs is 1. The summed E-state index contributed by atoms with van der Waals surface area (Å²) in [6.07, 6.45) is 6.91. The first-order chi connectivity index (χ1) is 12.8. The predicted octanol–water partition coefficient (Wildman–Crippen LogP) is 4.92. The van der Waals surface area contributed by atoms with Crippen LogP contribution in [0.5, 0.6) is 0 Å². The van der Waals surface area contributed by atoms with Gasteiger partial charge in [-0.3, -0.25) is 4.98 Å². The van der Waals surface area contributed by atoms with Gasteiger partial charge >= 0.3 is 0 Å². The molecule has 2 aromatic heterocycles. The lowest BCUT2D eigenvalue weighted by Crippen LogP contribution is -2.08. The third-order valence-electron chi connectivity index (χ3n) is 3.34. The topological polar surface area (TPSA) is 59.9 Å². The summed E-state index contributed by atoms with van der Waals surface area (Å²) in [6.45, 7) is 8.46. The summed E-state index contributed by atoms with van der Waals surface area (Å²) >= 11 is 3.11. The molecule has 7 heteroatoms. The summed E-state index contributed by atoms with van der Waals surface area (Å²) in [4.78, 5) is 5.50. The number of nitrogens with one attached hydrogen (secondary N) is 1. The van der Waals surface area contributed by atoms with Gasteiger partial charge in [0.15, 0.2) is 4.34 Å². The van der Waals surface area contributed by atoms with Crippen LogP contribution in [0.4, 0.5) is 5.13 Å². The Labute approximate surface area is 160 Å². The van der Waals surface area contributed by atoms with E-state index in [2.05, 4.69) is 39.7 Å². The van der Waals surface area contributed by atoms with Crippen LogP contribution in [0.25, 0.3) is 10.9 Å². The summed E-state index contributed by atoms with van der Waals surface area (Å²) in [7, 11) is 0. The van der Waals surface area contributed by atoms with E-state index in [9.17, 15) is 0 Å². The van der Waals surface area contributed by atoms with Gasteiger partial charge in [-0.05, 0) is 24.3 Å². The molecule has 3 aromatic rings. The molecule has 0 amide bonds. The lowest BCUT2D eigenvalue weighted by atomic mass is 10.2. The minimum Gasteiger partial charge on any atom is -0.492 e. The maximum Gasteiger partial charge on any atom is 0.206 e. The average Bonchev–Trinajstić information content (AvgIpc) is 3.12. The van der Waals surface area contributed by atoms with Crippen molar-refractivity contribution in [3.05, 3.63) is 73.7 Å². The second-order valence-electron chi connectivity index (χ2n) is 5.09. The molecule has 2 heterocycles. The van der Waals surface area contributed by atoms with Crippen molar-refractivity contribution in [1.82, 2.24) is 15.2 Å². The molecule has 132 valence electrons. The zero-order valence-corrected chi connectivity index (χ0v) is 15.7. The maximum atomic E-state index is 5.56. The van der Waals surface area contributed by atoms with Gasteiger partial charge in [0.1, 0.15) is 12.4 Å². The van der Waals surface area contributed by atoms with Crippen molar-refractivity contribution in [3.8, 4) is 0 Å². The highest BCUT2D eigenvalue weighted by Gasteiger charge is 2.08. The van der Waals surface area contributed by atoms with Crippen molar-refractivity contribution >= 4 is 39.1 Å². The average molecular weight is 383 g/mol. The number of anilines is 1. The number of hydrogen-bond donors (Lipinski definition) is 1. The van der Waals surface area contributed by atoms with Gasteiger partial charge in [-0.1, -0.05) is 60.5 Å². The van der Waals surface area contributed by atoms with Crippen LogP contribution in [0.2, 0.25) is 0 Å². The fourth-order valence-corrected chi connectivity index (χ4v) is 4.05. The van der Waals surface area contributed by atoms with Crippen LogP contribution in [-0.4, -0.2) is 28.3 Å². The van der Waals surface area contributed by atoms with E-state index in [1.54, 1.807) is 30.0 Å². The molecule has 26 heavy (non-hydrogen) atoms. The normalized spacial score (nSPS) is 11.3. The zero-order valence-electron chi connectivity index (χ0n) is 14.1. The summed E-state index contributed by atoms with van der Waals surface area (Å²) in [5.74, 6) is 0.694. The molecular formula is C19H18N4OS2. The second kappa shape index (κ2) is 9.17. The molecule has 0 fully saturated rings. The molecule has 0 saturated heterocycles. The van der Waals surface area contributed by atoms with Gasteiger partial charge in [0, 0.05) is 16.5 Å². The minimum absolute atomic E-state index is 0.503. The summed E-state index contributed by atoms with van der Waals surface area (Å²) in [5.41, 5.74) is 0.975. The van der Waals surface area contributed by atoms with Crippen molar-refractivity contribution in [2.45, 2.75) is 9.24 Å². The molecular weight excluding hydrogens is 364 g/mol. The summed E-state index contributed by atoms with van der Waals surface area (Å²) in [5, 5.41) is 13.5. The Hall–Kier alpha value is -2.64. The lowest BCUT2D eigenvalue weighted by molar-refractivity contribution is 0.237. The molecule has 0 spiro atoms. The number of benzene rings is 1.